The number of aromatic nitrogens is 4. The Bertz CT molecular complexity index is 2570. The van der Waals surface area contributed by atoms with Crippen LogP contribution in [0.4, 0.5) is 0 Å². The number of fused-ring (bicyclic) bond motifs is 4. The molecule has 5 aromatic carbocycles. The van der Waals surface area contributed by atoms with Crippen molar-refractivity contribution in [3.8, 4) is 44.9 Å². The molecular weight excluding hydrogens is 621 g/mol. The Hall–Kier alpha value is -5.48. The van der Waals surface area contributed by atoms with E-state index in [2.05, 4.69) is 174 Å². The van der Waals surface area contributed by atoms with Crippen LogP contribution < -0.4 is 0 Å². The number of hydrogen-bond acceptors (Lipinski definition) is 2. The van der Waals surface area contributed by atoms with Crippen LogP contribution in [0.5, 0.6) is 0 Å². The zero-order valence-electron chi connectivity index (χ0n) is 31.0. The largest absolute Gasteiger partial charge is 0.354 e. The standard InChI is InChI=1S/C47H46N4/c1-29(2)51-42-19-13-18-36(32-16-12-17-33(24-32)41-25-31(22-23-48-41)30-14-10-9-11-15-30)44(42)50-45(51)39-28-35(47(6,7)8)27-38-37-26-34(46(3,4)5)20-21-40(37)49-43(38)39/h9-29,49H,1-8H3. The van der Waals surface area contributed by atoms with Crippen LogP contribution in [0.25, 0.3) is 77.7 Å². The summed E-state index contributed by atoms with van der Waals surface area (Å²) in [5.74, 6) is 0.986. The normalized spacial score (nSPS) is 12.5. The van der Waals surface area contributed by atoms with Gasteiger partial charge in [-0.25, -0.2) is 4.98 Å². The molecule has 0 atom stereocenters. The minimum Gasteiger partial charge on any atom is -0.354 e. The molecule has 4 nitrogen and oxygen atoms in total. The Labute approximate surface area is 301 Å². The average molecular weight is 667 g/mol. The number of hydrogen-bond donors (Lipinski definition) is 1. The van der Waals surface area contributed by atoms with Crippen molar-refractivity contribution in [2.24, 2.45) is 0 Å². The molecule has 0 aliphatic heterocycles. The quantitative estimate of drug-likeness (QED) is 0.199. The first-order valence-electron chi connectivity index (χ1n) is 18.1. The van der Waals surface area contributed by atoms with Gasteiger partial charge in [0.05, 0.1) is 22.2 Å². The van der Waals surface area contributed by atoms with Crippen LogP contribution in [0.2, 0.25) is 0 Å². The lowest BCUT2D eigenvalue weighted by molar-refractivity contribution is 0.590. The lowest BCUT2D eigenvalue weighted by atomic mass is 9.84. The van der Waals surface area contributed by atoms with Gasteiger partial charge in [-0.3, -0.25) is 4.98 Å². The predicted molar refractivity (Wildman–Crippen MR) is 216 cm³/mol. The molecular formula is C47H46N4. The summed E-state index contributed by atoms with van der Waals surface area (Å²) in [5, 5.41) is 2.51. The van der Waals surface area contributed by atoms with Gasteiger partial charge >= 0.3 is 0 Å². The molecule has 0 aliphatic rings. The van der Waals surface area contributed by atoms with Crippen molar-refractivity contribution in [3.63, 3.8) is 0 Å². The fourth-order valence-electron chi connectivity index (χ4n) is 7.38. The molecule has 0 amide bonds. The Balaban J connectivity index is 1.33. The number of imidazole rings is 1. The third kappa shape index (κ3) is 5.83. The number of para-hydroxylation sites is 1. The van der Waals surface area contributed by atoms with Crippen LogP contribution in [0.15, 0.2) is 121 Å². The first-order chi connectivity index (χ1) is 24.4. The first-order valence-corrected chi connectivity index (χ1v) is 18.1. The van der Waals surface area contributed by atoms with E-state index < -0.39 is 0 Å². The van der Waals surface area contributed by atoms with E-state index in [-0.39, 0.29) is 16.9 Å². The highest BCUT2D eigenvalue weighted by atomic mass is 15.1. The highest BCUT2D eigenvalue weighted by molar-refractivity contribution is 6.12. The topological polar surface area (TPSA) is 46.5 Å². The van der Waals surface area contributed by atoms with Crippen LogP contribution >= 0.6 is 0 Å². The van der Waals surface area contributed by atoms with Gasteiger partial charge < -0.3 is 9.55 Å². The minimum atomic E-state index is -0.0414. The summed E-state index contributed by atoms with van der Waals surface area (Å²) >= 11 is 0. The molecule has 0 fully saturated rings. The van der Waals surface area contributed by atoms with E-state index in [1.165, 1.54) is 27.5 Å². The first kappa shape index (κ1) is 32.7. The summed E-state index contributed by atoms with van der Waals surface area (Å²) in [5.41, 5.74) is 14.8. The lowest BCUT2D eigenvalue weighted by Crippen LogP contribution is -2.12. The molecule has 0 bridgehead atoms. The van der Waals surface area contributed by atoms with E-state index in [9.17, 15) is 0 Å². The maximum absolute atomic E-state index is 5.56. The van der Waals surface area contributed by atoms with Crippen LogP contribution in [-0.2, 0) is 10.8 Å². The van der Waals surface area contributed by atoms with Crippen molar-refractivity contribution in [1.29, 1.82) is 0 Å². The maximum atomic E-state index is 5.56. The number of rotatable bonds is 5. The molecule has 51 heavy (non-hydrogen) atoms. The molecule has 0 saturated carbocycles. The summed E-state index contributed by atoms with van der Waals surface area (Å²) in [6.07, 6.45) is 1.90. The Kier molecular flexibility index (Phi) is 7.75. The van der Waals surface area contributed by atoms with Gasteiger partial charge in [0, 0.05) is 45.2 Å². The Morgan fingerprint density at radius 3 is 2.04 bits per heavy atom. The molecule has 3 heterocycles. The predicted octanol–water partition coefficient (Wildman–Crippen LogP) is 12.9. The van der Waals surface area contributed by atoms with Gasteiger partial charge in [0.1, 0.15) is 5.82 Å². The fraction of sp³-hybridized carbons (Fsp3) is 0.234. The molecule has 8 aromatic rings. The van der Waals surface area contributed by atoms with Gasteiger partial charge in [-0.05, 0) is 101 Å². The van der Waals surface area contributed by atoms with E-state index in [0.29, 0.717) is 0 Å². The van der Waals surface area contributed by atoms with Crippen LogP contribution in [0, 0.1) is 0 Å². The molecule has 0 unspecified atom stereocenters. The SMILES string of the molecule is CC(C)n1c(-c2cc(C(C)(C)C)cc3c2[nH]c2ccc(C(C)(C)C)cc23)nc2c(-c3cccc(-c4cc(-c5ccccc5)ccn4)c3)cccc21. The fourth-order valence-corrected chi connectivity index (χ4v) is 7.38. The van der Waals surface area contributed by atoms with E-state index in [4.69, 9.17) is 9.97 Å². The highest BCUT2D eigenvalue weighted by Crippen LogP contribution is 2.42. The Morgan fingerprint density at radius 1 is 0.588 bits per heavy atom. The molecule has 254 valence electrons. The van der Waals surface area contributed by atoms with Gasteiger partial charge in [0.2, 0.25) is 0 Å². The Morgan fingerprint density at radius 2 is 1.29 bits per heavy atom. The highest BCUT2D eigenvalue weighted by Gasteiger charge is 2.25. The van der Waals surface area contributed by atoms with Crippen LogP contribution in [0.1, 0.15) is 72.6 Å². The molecule has 0 spiro atoms. The second kappa shape index (κ2) is 12.1. The molecule has 1 N–H and O–H groups in total. The van der Waals surface area contributed by atoms with Crippen molar-refractivity contribution in [2.75, 3.05) is 0 Å². The monoisotopic (exact) mass is 666 g/mol. The smallest absolute Gasteiger partial charge is 0.143 e. The van der Waals surface area contributed by atoms with Crippen LogP contribution in [0.3, 0.4) is 0 Å². The zero-order chi connectivity index (χ0) is 35.7. The third-order valence-electron chi connectivity index (χ3n) is 10.3. The molecule has 0 aliphatic carbocycles. The summed E-state index contributed by atoms with van der Waals surface area (Å²) in [4.78, 5) is 14.2. The molecule has 3 aromatic heterocycles. The second-order valence-electron chi connectivity index (χ2n) is 16.3. The van der Waals surface area contributed by atoms with E-state index in [1.54, 1.807) is 0 Å². The minimum absolute atomic E-state index is 0.0414. The van der Waals surface area contributed by atoms with Crippen molar-refractivity contribution in [2.45, 2.75) is 72.3 Å². The molecule has 0 radical (unpaired) electrons. The maximum Gasteiger partial charge on any atom is 0.143 e. The average Bonchev–Trinajstić information content (AvgIpc) is 3.70. The van der Waals surface area contributed by atoms with Gasteiger partial charge in [0.15, 0.2) is 0 Å². The lowest BCUT2D eigenvalue weighted by Gasteiger charge is -2.22. The number of benzene rings is 5. The van der Waals surface area contributed by atoms with Gasteiger partial charge in [0.25, 0.3) is 0 Å². The van der Waals surface area contributed by atoms with Crippen molar-refractivity contribution in [1.82, 2.24) is 19.5 Å². The van der Waals surface area contributed by atoms with Crippen molar-refractivity contribution >= 4 is 32.8 Å². The van der Waals surface area contributed by atoms with E-state index >= 15 is 0 Å². The third-order valence-corrected chi connectivity index (χ3v) is 10.3. The number of H-pyrrole nitrogens is 1. The van der Waals surface area contributed by atoms with Gasteiger partial charge in [-0.1, -0.05) is 108 Å². The number of aromatic amines is 1. The molecule has 8 rings (SSSR count). The second-order valence-corrected chi connectivity index (χ2v) is 16.3. The van der Waals surface area contributed by atoms with Crippen LogP contribution in [-0.4, -0.2) is 19.5 Å². The summed E-state index contributed by atoms with van der Waals surface area (Å²) in [7, 11) is 0. The van der Waals surface area contributed by atoms with Gasteiger partial charge in [-0.15, -0.1) is 0 Å². The zero-order valence-corrected chi connectivity index (χ0v) is 31.0. The van der Waals surface area contributed by atoms with Crippen molar-refractivity contribution in [3.05, 3.63) is 133 Å². The summed E-state index contributed by atoms with van der Waals surface area (Å²) in [6, 6.07) is 41.9. The van der Waals surface area contributed by atoms with E-state index in [0.717, 1.165) is 61.4 Å². The molecule has 0 saturated heterocycles. The van der Waals surface area contributed by atoms with Crippen molar-refractivity contribution < 1.29 is 0 Å². The number of pyridine rings is 1. The number of nitrogens with zero attached hydrogens (tertiary/aromatic N) is 3. The molecule has 4 heteroatoms. The summed E-state index contributed by atoms with van der Waals surface area (Å²) in [6.45, 7) is 18.3. The van der Waals surface area contributed by atoms with Gasteiger partial charge in [-0.2, -0.15) is 0 Å². The van der Waals surface area contributed by atoms with E-state index in [1.807, 2.05) is 12.3 Å². The summed E-state index contributed by atoms with van der Waals surface area (Å²) < 4.78 is 2.42. The number of nitrogens with one attached hydrogen (secondary N) is 1.